The van der Waals surface area contributed by atoms with Crippen LogP contribution in [0.15, 0.2) is 34.9 Å². The molecule has 25 heavy (non-hydrogen) atoms. The number of hydrogen-bond donors (Lipinski definition) is 0. The molecule has 2 aliphatic rings. The van der Waals surface area contributed by atoms with Crippen LogP contribution in [0.3, 0.4) is 0 Å². The zero-order valence-electron chi connectivity index (χ0n) is 13.9. The van der Waals surface area contributed by atoms with Crippen molar-refractivity contribution in [2.24, 2.45) is 5.92 Å². The van der Waals surface area contributed by atoms with Crippen LogP contribution in [0, 0.1) is 17.4 Å². The van der Waals surface area contributed by atoms with Crippen molar-refractivity contribution in [3.63, 3.8) is 0 Å². The first kappa shape index (κ1) is 15.5. The summed E-state index contributed by atoms with van der Waals surface area (Å²) in [5.74, 6) is 1.21. The third-order valence-electron chi connectivity index (χ3n) is 5.06. The average molecular weight is 338 g/mol. The zero-order chi connectivity index (χ0) is 17.4. The molecule has 0 unspecified atom stereocenters. The Bertz CT molecular complexity index is 824. The van der Waals surface area contributed by atoms with Crippen molar-refractivity contribution >= 4 is 5.91 Å². The van der Waals surface area contributed by atoms with E-state index in [-0.39, 0.29) is 17.7 Å². The lowest BCUT2D eigenvalue weighted by Gasteiger charge is -2.22. The molecule has 7 heteroatoms. The number of carbonyl (C=O) groups excluding carboxylic acids is 1. The van der Waals surface area contributed by atoms with Gasteiger partial charge in [0.1, 0.15) is 11.4 Å². The van der Waals surface area contributed by atoms with E-state index in [0.717, 1.165) is 24.3 Å². The number of fused-ring (bicyclic) bond motifs is 1. The van der Waals surface area contributed by atoms with Gasteiger partial charge in [-0.25, -0.2) is 0 Å². The number of nitriles is 1. The quantitative estimate of drug-likeness (QED) is 0.796. The lowest BCUT2D eigenvalue weighted by molar-refractivity contribution is 0.0689. The number of carbonyl (C=O) groups is 1. The maximum Gasteiger partial charge on any atom is 0.292 e. The fraction of sp³-hybridized carbons (Fsp3) is 0.389. The first-order chi connectivity index (χ1) is 12.2. The zero-order valence-corrected chi connectivity index (χ0v) is 13.9. The molecule has 1 aromatic heterocycles. The largest absolute Gasteiger partial charge is 0.497 e. The van der Waals surface area contributed by atoms with E-state index in [1.807, 2.05) is 29.2 Å². The maximum atomic E-state index is 12.8. The molecule has 2 fully saturated rings. The molecule has 2 saturated heterocycles. The van der Waals surface area contributed by atoms with Crippen LogP contribution in [0.5, 0.6) is 5.75 Å². The van der Waals surface area contributed by atoms with E-state index in [4.69, 9.17) is 14.5 Å². The molecule has 3 heterocycles. The van der Waals surface area contributed by atoms with Crippen LogP contribution in [0.25, 0.3) is 11.3 Å². The molecule has 0 bridgehead atoms. The van der Waals surface area contributed by atoms with Gasteiger partial charge < -0.3 is 19.1 Å². The van der Waals surface area contributed by atoms with E-state index in [1.165, 1.54) is 0 Å². The summed E-state index contributed by atoms with van der Waals surface area (Å²) in [7, 11) is 1.61. The van der Waals surface area contributed by atoms with E-state index < -0.39 is 0 Å². The molecule has 1 amide bonds. The topological polar surface area (TPSA) is 82.6 Å². The van der Waals surface area contributed by atoms with Gasteiger partial charge in [-0.15, -0.1) is 0 Å². The Morgan fingerprint density at radius 3 is 2.88 bits per heavy atom. The fourth-order valence-electron chi connectivity index (χ4n) is 3.71. The summed E-state index contributed by atoms with van der Waals surface area (Å²) in [5, 5.41) is 13.1. The number of nitrogens with zero attached hydrogens (tertiary/aromatic N) is 4. The standard InChI is InChI=1S/C18H18N4O3/c1-24-14-4-2-12(3-5-14)15-8-17(25-20-15)18(23)22-7-6-13-9-21(11-19)10-16(13)22/h2-5,8,13,16H,6-7,9-10H2,1H3/t13-,16+/m1/s1. The molecule has 0 spiro atoms. The number of hydrogen-bond acceptors (Lipinski definition) is 6. The first-order valence-electron chi connectivity index (χ1n) is 8.26. The molecule has 128 valence electrons. The highest BCUT2D eigenvalue weighted by Gasteiger charge is 2.44. The Kier molecular flexibility index (Phi) is 3.80. The van der Waals surface area contributed by atoms with Crippen LogP contribution < -0.4 is 4.74 Å². The molecular formula is C18H18N4O3. The summed E-state index contributed by atoms with van der Waals surface area (Å²) < 4.78 is 10.4. The van der Waals surface area contributed by atoms with Gasteiger partial charge in [0.25, 0.3) is 5.91 Å². The lowest BCUT2D eigenvalue weighted by Crippen LogP contribution is -2.39. The third-order valence-corrected chi connectivity index (χ3v) is 5.06. The van der Waals surface area contributed by atoms with Crippen LogP contribution in [-0.4, -0.2) is 53.6 Å². The van der Waals surface area contributed by atoms with E-state index in [9.17, 15) is 4.79 Å². The van der Waals surface area contributed by atoms with Gasteiger partial charge in [-0.3, -0.25) is 4.79 Å². The van der Waals surface area contributed by atoms with E-state index in [1.54, 1.807) is 18.1 Å². The third kappa shape index (κ3) is 2.70. The van der Waals surface area contributed by atoms with Gasteiger partial charge in [0, 0.05) is 37.2 Å². The molecular weight excluding hydrogens is 320 g/mol. The highest BCUT2D eigenvalue weighted by molar-refractivity contribution is 5.93. The summed E-state index contributed by atoms with van der Waals surface area (Å²) >= 11 is 0. The van der Waals surface area contributed by atoms with Crippen LogP contribution in [0.2, 0.25) is 0 Å². The van der Waals surface area contributed by atoms with Crippen LogP contribution >= 0.6 is 0 Å². The van der Waals surface area contributed by atoms with Crippen molar-refractivity contribution in [1.29, 1.82) is 5.26 Å². The summed E-state index contributed by atoms with van der Waals surface area (Å²) in [6.45, 7) is 2.04. The Labute approximate surface area is 145 Å². The molecule has 2 atom stereocenters. The van der Waals surface area contributed by atoms with E-state index in [0.29, 0.717) is 24.7 Å². The second-order valence-corrected chi connectivity index (χ2v) is 6.42. The minimum atomic E-state index is -0.153. The Morgan fingerprint density at radius 2 is 2.16 bits per heavy atom. The Morgan fingerprint density at radius 1 is 1.36 bits per heavy atom. The second-order valence-electron chi connectivity index (χ2n) is 6.42. The molecule has 2 aliphatic heterocycles. The minimum absolute atomic E-state index is 0.0849. The highest BCUT2D eigenvalue weighted by Crippen LogP contribution is 2.32. The summed E-state index contributed by atoms with van der Waals surface area (Å²) in [6, 6.07) is 9.18. The fourth-order valence-corrected chi connectivity index (χ4v) is 3.71. The number of benzene rings is 1. The molecule has 1 aromatic carbocycles. The van der Waals surface area contributed by atoms with Crippen LogP contribution in [0.1, 0.15) is 17.0 Å². The van der Waals surface area contributed by atoms with Gasteiger partial charge in [-0.2, -0.15) is 5.26 Å². The SMILES string of the molecule is COc1ccc(-c2cc(C(=O)N3CC[C@@H]4CN(C#N)C[C@@H]43)on2)cc1. The predicted octanol–water partition coefficient (Wildman–Crippen LogP) is 1.98. The molecule has 0 N–H and O–H groups in total. The van der Waals surface area contributed by atoms with Crippen molar-refractivity contribution in [3.05, 3.63) is 36.1 Å². The number of methoxy groups -OCH3 is 1. The molecule has 0 aliphatic carbocycles. The summed E-state index contributed by atoms with van der Waals surface area (Å²) in [5.41, 5.74) is 1.48. The van der Waals surface area contributed by atoms with Crippen LogP contribution in [0.4, 0.5) is 0 Å². The first-order valence-corrected chi connectivity index (χ1v) is 8.26. The number of rotatable bonds is 3. The van der Waals surface area contributed by atoms with E-state index in [2.05, 4.69) is 11.3 Å². The van der Waals surface area contributed by atoms with Gasteiger partial charge in [0.15, 0.2) is 6.19 Å². The van der Waals surface area contributed by atoms with E-state index >= 15 is 0 Å². The number of likely N-dealkylation sites (tertiary alicyclic amines) is 2. The number of ether oxygens (including phenoxy) is 1. The summed E-state index contributed by atoms with van der Waals surface area (Å²) in [6.07, 6.45) is 3.10. The molecule has 0 radical (unpaired) electrons. The average Bonchev–Trinajstić information content (AvgIpc) is 3.36. The Hall–Kier alpha value is -3.01. The number of aromatic nitrogens is 1. The maximum absolute atomic E-state index is 12.8. The smallest absolute Gasteiger partial charge is 0.292 e. The molecule has 0 saturated carbocycles. The lowest BCUT2D eigenvalue weighted by atomic mass is 10.1. The van der Waals surface area contributed by atoms with Crippen molar-refractivity contribution in [3.8, 4) is 23.2 Å². The molecule has 4 rings (SSSR count). The normalized spacial score (nSPS) is 21.9. The Balaban J connectivity index is 1.52. The predicted molar refractivity (Wildman–Crippen MR) is 88.6 cm³/mol. The highest BCUT2D eigenvalue weighted by atomic mass is 16.5. The monoisotopic (exact) mass is 338 g/mol. The van der Waals surface area contributed by atoms with Crippen molar-refractivity contribution in [1.82, 2.24) is 15.0 Å². The molecule has 7 nitrogen and oxygen atoms in total. The molecule has 2 aromatic rings. The number of amides is 1. The van der Waals surface area contributed by atoms with Gasteiger partial charge in [-0.05, 0) is 30.7 Å². The van der Waals surface area contributed by atoms with Crippen LogP contribution in [-0.2, 0) is 0 Å². The van der Waals surface area contributed by atoms with Crippen molar-refractivity contribution in [2.45, 2.75) is 12.5 Å². The van der Waals surface area contributed by atoms with Crippen molar-refractivity contribution in [2.75, 3.05) is 26.7 Å². The summed E-state index contributed by atoms with van der Waals surface area (Å²) in [4.78, 5) is 16.3. The van der Waals surface area contributed by atoms with Crippen molar-refractivity contribution < 1.29 is 14.1 Å². The van der Waals surface area contributed by atoms with Gasteiger partial charge >= 0.3 is 0 Å². The van der Waals surface area contributed by atoms with Gasteiger partial charge in [-0.1, -0.05) is 5.16 Å². The minimum Gasteiger partial charge on any atom is -0.497 e. The van der Waals surface area contributed by atoms with Gasteiger partial charge in [0.2, 0.25) is 5.76 Å². The second kappa shape index (κ2) is 6.13. The van der Waals surface area contributed by atoms with Gasteiger partial charge in [0.05, 0.1) is 13.2 Å².